The monoisotopic (exact) mass is 371 g/mol. The Bertz CT molecular complexity index is 1000. The number of hydrogen-bond donors (Lipinski definition) is 1. The Morgan fingerprint density at radius 3 is 2.04 bits per heavy atom. The molecule has 0 fully saturated rings. The molecule has 3 aromatic rings. The number of aliphatic imine (C=N–C) groups is 1. The van der Waals surface area contributed by atoms with Crippen LogP contribution < -0.4 is 5.32 Å². The maximum absolute atomic E-state index is 10.9. The van der Waals surface area contributed by atoms with E-state index in [-0.39, 0.29) is 5.69 Å². The van der Waals surface area contributed by atoms with Crippen LogP contribution >= 0.6 is 0 Å². The molecular formula is C23H21N3O2. The zero-order chi connectivity index (χ0) is 19.9. The zero-order valence-corrected chi connectivity index (χ0v) is 15.8. The van der Waals surface area contributed by atoms with E-state index in [0.29, 0.717) is 0 Å². The Balaban J connectivity index is 1.89. The van der Waals surface area contributed by atoms with E-state index in [1.165, 1.54) is 23.3 Å². The predicted molar refractivity (Wildman–Crippen MR) is 115 cm³/mol. The van der Waals surface area contributed by atoms with Gasteiger partial charge in [-0.05, 0) is 61.9 Å². The molecule has 0 radical (unpaired) electrons. The van der Waals surface area contributed by atoms with Gasteiger partial charge in [0.25, 0.3) is 5.69 Å². The number of nitrogens with one attached hydrogen (secondary N) is 1. The Hall–Kier alpha value is -3.73. The molecule has 28 heavy (non-hydrogen) atoms. The van der Waals surface area contributed by atoms with E-state index in [4.69, 9.17) is 0 Å². The van der Waals surface area contributed by atoms with E-state index >= 15 is 0 Å². The second kappa shape index (κ2) is 8.77. The maximum Gasteiger partial charge on any atom is 0.269 e. The number of nitrogens with zero attached hydrogens (tertiary/aromatic N) is 2. The van der Waals surface area contributed by atoms with Crippen molar-refractivity contribution in [2.45, 2.75) is 13.8 Å². The molecule has 0 saturated heterocycles. The molecule has 0 atom stereocenters. The van der Waals surface area contributed by atoms with Crippen molar-refractivity contribution in [2.24, 2.45) is 4.99 Å². The van der Waals surface area contributed by atoms with E-state index in [2.05, 4.69) is 10.3 Å². The van der Waals surface area contributed by atoms with E-state index in [1.807, 2.05) is 68.5 Å². The van der Waals surface area contributed by atoms with Crippen molar-refractivity contribution in [3.05, 3.63) is 106 Å². The van der Waals surface area contributed by atoms with Gasteiger partial charge in [-0.15, -0.1) is 0 Å². The first-order valence-corrected chi connectivity index (χ1v) is 8.91. The molecule has 1 N–H and O–H groups in total. The Morgan fingerprint density at radius 1 is 0.893 bits per heavy atom. The van der Waals surface area contributed by atoms with Gasteiger partial charge in [0.2, 0.25) is 0 Å². The minimum Gasteiger partial charge on any atom is -0.355 e. The van der Waals surface area contributed by atoms with Gasteiger partial charge in [0.15, 0.2) is 0 Å². The summed E-state index contributed by atoms with van der Waals surface area (Å²) in [5.74, 6) is 0. The number of aryl methyl sites for hydroxylation is 2. The van der Waals surface area contributed by atoms with Crippen molar-refractivity contribution in [1.29, 1.82) is 0 Å². The standard InChI is InChI=1S/C23H21N3O2/c1-17-3-9-20(10-4-17)24-16-15-23(25-21-11-5-18(2)6-12-21)19-7-13-22(14-8-19)26(27)28/h3-16,25H,1-2H3/b23-15+,24-16?. The summed E-state index contributed by atoms with van der Waals surface area (Å²) in [6, 6.07) is 22.4. The SMILES string of the molecule is Cc1ccc(N=C/C=C(/Nc2ccc(C)cc2)c2ccc([N+](=O)[O-])cc2)cc1. The third-order valence-electron chi connectivity index (χ3n) is 4.22. The van der Waals surface area contributed by atoms with Crippen LogP contribution in [0.2, 0.25) is 0 Å². The molecule has 0 unspecified atom stereocenters. The number of nitro groups is 1. The van der Waals surface area contributed by atoms with Crippen LogP contribution in [0.1, 0.15) is 16.7 Å². The fraction of sp³-hybridized carbons (Fsp3) is 0.0870. The van der Waals surface area contributed by atoms with Crippen LogP contribution in [0.3, 0.4) is 0 Å². The number of anilines is 1. The molecule has 0 aliphatic carbocycles. The van der Waals surface area contributed by atoms with Gasteiger partial charge < -0.3 is 5.32 Å². The normalized spacial score (nSPS) is 11.6. The summed E-state index contributed by atoms with van der Waals surface area (Å²) in [7, 11) is 0. The molecule has 0 aromatic heterocycles. The maximum atomic E-state index is 10.9. The van der Waals surface area contributed by atoms with Crippen LogP contribution in [0.15, 0.2) is 83.9 Å². The number of nitro benzene ring substituents is 1. The van der Waals surface area contributed by atoms with Gasteiger partial charge in [-0.25, -0.2) is 0 Å². The summed E-state index contributed by atoms with van der Waals surface area (Å²) >= 11 is 0. The van der Waals surface area contributed by atoms with Crippen molar-refractivity contribution >= 4 is 29.0 Å². The summed E-state index contributed by atoms with van der Waals surface area (Å²) in [5.41, 5.74) is 5.84. The van der Waals surface area contributed by atoms with Gasteiger partial charge in [-0.3, -0.25) is 15.1 Å². The largest absolute Gasteiger partial charge is 0.355 e. The van der Waals surface area contributed by atoms with Crippen molar-refractivity contribution in [3.8, 4) is 0 Å². The average molecular weight is 371 g/mol. The molecule has 140 valence electrons. The molecule has 0 bridgehead atoms. The van der Waals surface area contributed by atoms with Crippen LogP contribution in [0.4, 0.5) is 17.1 Å². The molecule has 3 rings (SSSR count). The summed E-state index contributed by atoms with van der Waals surface area (Å²) < 4.78 is 0. The highest BCUT2D eigenvalue weighted by Crippen LogP contribution is 2.22. The van der Waals surface area contributed by atoms with Crippen molar-refractivity contribution in [2.75, 3.05) is 5.32 Å². The Labute approximate surface area is 164 Å². The number of hydrogen-bond acceptors (Lipinski definition) is 4. The van der Waals surface area contributed by atoms with Gasteiger partial charge in [0.1, 0.15) is 0 Å². The minimum absolute atomic E-state index is 0.0618. The Morgan fingerprint density at radius 2 is 1.46 bits per heavy atom. The number of rotatable bonds is 6. The molecular weight excluding hydrogens is 350 g/mol. The summed E-state index contributed by atoms with van der Waals surface area (Å²) in [6.45, 7) is 4.07. The quantitative estimate of drug-likeness (QED) is 0.325. The highest BCUT2D eigenvalue weighted by Gasteiger charge is 2.07. The average Bonchev–Trinajstić information content (AvgIpc) is 2.70. The summed E-state index contributed by atoms with van der Waals surface area (Å²) in [5, 5.41) is 14.3. The van der Waals surface area contributed by atoms with E-state index in [0.717, 1.165) is 22.6 Å². The highest BCUT2D eigenvalue weighted by atomic mass is 16.6. The van der Waals surface area contributed by atoms with Gasteiger partial charge in [0.05, 0.1) is 10.6 Å². The predicted octanol–water partition coefficient (Wildman–Crippen LogP) is 6.07. The third kappa shape index (κ3) is 5.14. The molecule has 3 aromatic carbocycles. The van der Waals surface area contributed by atoms with Gasteiger partial charge >= 0.3 is 0 Å². The van der Waals surface area contributed by atoms with Crippen molar-refractivity contribution in [3.63, 3.8) is 0 Å². The van der Waals surface area contributed by atoms with Crippen LogP contribution in [0.25, 0.3) is 5.70 Å². The molecule has 0 saturated carbocycles. The fourth-order valence-electron chi connectivity index (χ4n) is 2.59. The van der Waals surface area contributed by atoms with E-state index < -0.39 is 4.92 Å². The smallest absolute Gasteiger partial charge is 0.269 e. The number of benzene rings is 3. The molecule has 0 aliphatic rings. The zero-order valence-electron chi connectivity index (χ0n) is 15.8. The van der Waals surface area contributed by atoms with Crippen molar-refractivity contribution < 1.29 is 4.92 Å². The molecule has 0 aliphatic heterocycles. The lowest BCUT2D eigenvalue weighted by atomic mass is 10.1. The lowest BCUT2D eigenvalue weighted by molar-refractivity contribution is -0.384. The summed E-state index contributed by atoms with van der Waals surface area (Å²) in [4.78, 5) is 15.0. The highest BCUT2D eigenvalue weighted by molar-refractivity contribution is 5.90. The van der Waals surface area contributed by atoms with Crippen LogP contribution in [-0.2, 0) is 0 Å². The van der Waals surface area contributed by atoms with Gasteiger partial charge in [-0.1, -0.05) is 35.4 Å². The second-order valence-corrected chi connectivity index (χ2v) is 6.49. The molecule has 0 heterocycles. The second-order valence-electron chi connectivity index (χ2n) is 6.49. The lowest BCUT2D eigenvalue weighted by Crippen LogP contribution is -2.00. The Kier molecular flexibility index (Phi) is 5.97. The van der Waals surface area contributed by atoms with Gasteiger partial charge in [0, 0.05) is 29.7 Å². The topological polar surface area (TPSA) is 67.5 Å². The first-order valence-electron chi connectivity index (χ1n) is 8.91. The number of allylic oxidation sites excluding steroid dienone is 1. The molecule has 5 heteroatoms. The number of non-ortho nitro benzene ring substituents is 1. The van der Waals surface area contributed by atoms with E-state index in [1.54, 1.807) is 18.3 Å². The fourth-order valence-corrected chi connectivity index (χ4v) is 2.59. The van der Waals surface area contributed by atoms with E-state index in [9.17, 15) is 10.1 Å². The first-order chi connectivity index (χ1) is 13.5. The van der Waals surface area contributed by atoms with Crippen molar-refractivity contribution in [1.82, 2.24) is 0 Å². The minimum atomic E-state index is -0.403. The third-order valence-corrected chi connectivity index (χ3v) is 4.22. The van der Waals surface area contributed by atoms with Crippen LogP contribution in [-0.4, -0.2) is 11.1 Å². The van der Waals surface area contributed by atoms with Crippen LogP contribution in [0.5, 0.6) is 0 Å². The van der Waals surface area contributed by atoms with Gasteiger partial charge in [-0.2, -0.15) is 0 Å². The first kappa shape index (κ1) is 19.0. The molecule has 5 nitrogen and oxygen atoms in total. The molecule has 0 amide bonds. The summed E-state index contributed by atoms with van der Waals surface area (Å²) in [6.07, 6.45) is 3.59. The lowest BCUT2D eigenvalue weighted by Gasteiger charge is -2.11. The van der Waals surface area contributed by atoms with Crippen LogP contribution in [0, 0.1) is 24.0 Å². The molecule has 0 spiro atoms.